The number of aryl methyl sites for hydroxylation is 1. The molecule has 2 aromatic carbocycles. The molecule has 2 N–H and O–H groups in total. The van der Waals surface area contributed by atoms with Crippen molar-refractivity contribution in [2.75, 3.05) is 12.9 Å². The molecule has 7 nitrogen and oxygen atoms in total. The molecule has 0 bridgehead atoms. The molecule has 0 aliphatic heterocycles. The molecule has 0 aliphatic carbocycles. The summed E-state index contributed by atoms with van der Waals surface area (Å²) < 4.78 is 6.70. The van der Waals surface area contributed by atoms with Crippen molar-refractivity contribution in [2.45, 2.75) is 28.3 Å². The molecule has 0 radical (unpaired) electrons. The van der Waals surface area contributed by atoms with Gasteiger partial charge < -0.3 is 9.84 Å². The lowest BCUT2D eigenvalue weighted by atomic mass is 10.1. The standard InChI is InChI=1S/C21H22N4O3S3/c1-13-4-6-15(7-5-13)11-29-20-24-25-21(31-20)30-12-19(27)23-22-14(2)16-8-9-17(26)18(10-16)28-3/h4-10,26H,11-12H2,1-3H3,(H,23,27). The quantitative estimate of drug-likeness (QED) is 0.268. The van der Waals surface area contributed by atoms with Gasteiger partial charge in [-0.2, -0.15) is 5.10 Å². The second-order valence-electron chi connectivity index (χ2n) is 6.52. The van der Waals surface area contributed by atoms with Crippen LogP contribution in [0.4, 0.5) is 0 Å². The van der Waals surface area contributed by atoms with Crippen LogP contribution in [-0.2, 0) is 10.5 Å². The predicted octanol–water partition coefficient (Wildman–Crippen LogP) is 4.49. The number of nitrogens with zero attached hydrogens (tertiary/aromatic N) is 3. The zero-order valence-electron chi connectivity index (χ0n) is 17.3. The van der Waals surface area contributed by atoms with E-state index in [1.807, 2.05) is 0 Å². The van der Waals surface area contributed by atoms with Crippen LogP contribution in [0.2, 0.25) is 0 Å². The first-order valence-electron chi connectivity index (χ1n) is 9.29. The number of hydrogen-bond acceptors (Lipinski definition) is 9. The fraction of sp³-hybridized carbons (Fsp3) is 0.238. The fourth-order valence-electron chi connectivity index (χ4n) is 2.42. The van der Waals surface area contributed by atoms with E-state index in [1.165, 1.54) is 47.4 Å². The molecule has 162 valence electrons. The van der Waals surface area contributed by atoms with Crippen LogP contribution in [-0.4, -0.2) is 39.8 Å². The third-order valence-electron chi connectivity index (χ3n) is 4.14. The topological polar surface area (TPSA) is 96.7 Å². The zero-order valence-corrected chi connectivity index (χ0v) is 19.7. The summed E-state index contributed by atoms with van der Waals surface area (Å²) in [6, 6.07) is 13.3. The highest BCUT2D eigenvalue weighted by molar-refractivity contribution is 8.03. The number of hydrazone groups is 1. The normalized spacial score (nSPS) is 11.4. The molecular formula is C21H22N4O3S3. The maximum atomic E-state index is 12.1. The van der Waals surface area contributed by atoms with E-state index in [-0.39, 0.29) is 17.4 Å². The summed E-state index contributed by atoms with van der Waals surface area (Å²) in [5.74, 6) is 1.18. The van der Waals surface area contributed by atoms with Crippen molar-refractivity contribution in [3.8, 4) is 11.5 Å². The van der Waals surface area contributed by atoms with Gasteiger partial charge in [-0.1, -0.05) is 64.7 Å². The number of benzene rings is 2. The van der Waals surface area contributed by atoms with Crippen LogP contribution in [0.3, 0.4) is 0 Å². The monoisotopic (exact) mass is 474 g/mol. The molecule has 0 saturated heterocycles. The van der Waals surface area contributed by atoms with Crippen LogP contribution in [0.15, 0.2) is 56.2 Å². The van der Waals surface area contributed by atoms with Gasteiger partial charge in [-0.15, -0.1) is 10.2 Å². The zero-order chi connectivity index (χ0) is 22.2. The number of carbonyl (C=O) groups excluding carboxylic acids is 1. The molecule has 0 fully saturated rings. The molecule has 10 heteroatoms. The minimum Gasteiger partial charge on any atom is -0.504 e. The van der Waals surface area contributed by atoms with E-state index in [4.69, 9.17) is 4.74 Å². The van der Waals surface area contributed by atoms with Gasteiger partial charge in [0.05, 0.1) is 18.6 Å². The van der Waals surface area contributed by atoms with Gasteiger partial charge in [0.15, 0.2) is 20.2 Å². The summed E-state index contributed by atoms with van der Waals surface area (Å²) in [5, 5.41) is 22.1. The molecule has 0 saturated carbocycles. The number of phenolic OH excluding ortho intramolecular Hbond substituents is 1. The highest BCUT2D eigenvalue weighted by atomic mass is 32.2. The number of hydrogen-bond donors (Lipinski definition) is 2. The van der Waals surface area contributed by atoms with Crippen molar-refractivity contribution in [3.63, 3.8) is 0 Å². The molecule has 31 heavy (non-hydrogen) atoms. The van der Waals surface area contributed by atoms with Crippen LogP contribution in [0.5, 0.6) is 11.5 Å². The van der Waals surface area contributed by atoms with Crippen molar-refractivity contribution in [1.29, 1.82) is 0 Å². The van der Waals surface area contributed by atoms with E-state index < -0.39 is 0 Å². The molecule has 0 aliphatic rings. The number of amides is 1. The van der Waals surface area contributed by atoms with Gasteiger partial charge in [-0.25, -0.2) is 5.43 Å². The minimum absolute atomic E-state index is 0.0490. The first-order chi connectivity index (χ1) is 14.9. The van der Waals surface area contributed by atoms with Gasteiger partial charge in [-0.05, 0) is 37.6 Å². The van der Waals surface area contributed by atoms with Crippen LogP contribution in [0.1, 0.15) is 23.6 Å². The number of methoxy groups -OCH3 is 1. The average molecular weight is 475 g/mol. The van der Waals surface area contributed by atoms with Crippen molar-refractivity contribution in [1.82, 2.24) is 15.6 Å². The van der Waals surface area contributed by atoms with Gasteiger partial charge in [0, 0.05) is 11.3 Å². The number of aromatic hydroxyl groups is 1. The maximum absolute atomic E-state index is 12.1. The molecule has 1 heterocycles. The Balaban J connectivity index is 1.46. The summed E-state index contributed by atoms with van der Waals surface area (Å²) in [7, 11) is 1.48. The Hall–Kier alpha value is -2.56. The molecular weight excluding hydrogens is 452 g/mol. The Morgan fingerprint density at radius 1 is 1.16 bits per heavy atom. The van der Waals surface area contributed by atoms with Crippen LogP contribution < -0.4 is 10.2 Å². The number of aromatic nitrogens is 2. The van der Waals surface area contributed by atoms with Gasteiger partial charge in [0.2, 0.25) is 0 Å². The molecule has 1 amide bonds. The lowest BCUT2D eigenvalue weighted by molar-refractivity contribution is -0.118. The molecule has 0 atom stereocenters. The predicted molar refractivity (Wildman–Crippen MR) is 126 cm³/mol. The van der Waals surface area contributed by atoms with Crippen molar-refractivity contribution >= 4 is 46.5 Å². The molecule has 3 aromatic rings. The van der Waals surface area contributed by atoms with E-state index in [1.54, 1.807) is 30.8 Å². The van der Waals surface area contributed by atoms with E-state index in [0.717, 1.165) is 20.0 Å². The third kappa shape index (κ3) is 6.98. The summed E-state index contributed by atoms with van der Waals surface area (Å²) in [5.41, 5.74) is 6.35. The Labute approximate surface area is 193 Å². The van der Waals surface area contributed by atoms with Crippen LogP contribution in [0.25, 0.3) is 0 Å². The number of thioether (sulfide) groups is 2. The fourth-order valence-corrected chi connectivity index (χ4v) is 5.18. The minimum atomic E-state index is -0.237. The molecule has 0 unspecified atom stereocenters. The van der Waals surface area contributed by atoms with Gasteiger partial charge >= 0.3 is 0 Å². The van der Waals surface area contributed by atoms with E-state index in [0.29, 0.717) is 11.5 Å². The van der Waals surface area contributed by atoms with Crippen LogP contribution in [0, 0.1) is 6.92 Å². The summed E-state index contributed by atoms with van der Waals surface area (Å²) in [6.45, 7) is 3.83. The lowest BCUT2D eigenvalue weighted by Gasteiger charge is -2.06. The first-order valence-corrected chi connectivity index (χ1v) is 12.1. The lowest BCUT2D eigenvalue weighted by Crippen LogP contribution is -2.21. The van der Waals surface area contributed by atoms with Crippen LogP contribution >= 0.6 is 34.9 Å². The van der Waals surface area contributed by atoms with E-state index in [9.17, 15) is 9.90 Å². The highest BCUT2D eigenvalue weighted by Gasteiger charge is 2.10. The van der Waals surface area contributed by atoms with Gasteiger partial charge in [0.25, 0.3) is 5.91 Å². The number of rotatable bonds is 9. The number of carbonyl (C=O) groups is 1. The van der Waals surface area contributed by atoms with E-state index in [2.05, 4.69) is 51.9 Å². The maximum Gasteiger partial charge on any atom is 0.250 e. The second kappa shape index (κ2) is 11.2. The number of phenols is 1. The third-order valence-corrected chi connectivity index (χ3v) is 7.40. The highest BCUT2D eigenvalue weighted by Crippen LogP contribution is 2.30. The van der Waals surface area contributed by atoms with Crippen molar-refractivity contribution in [3.05, 3.63) is 59.2 Å². The Kier molecular flexibility index (Phi) is 8.33. The Bertz CT molecular complexity index is 1070. The average Bonchev–Trinajstić information content (AvgIpc) is 3.24. The summed E-state index contributed by atoms with van der Waals surface area (Å²) in [4.78, 5) is 12.1. The van der Waals surface area contributed by atoms with Crippen molar-refractivity contribution < 1.29 is 14.6 Å². The van der Waals surface area contributed by atoms with Gasteiger partial charge in [-0.3, -0.25) is 4.79 Å². The van der Waals surface area contributed by atoms with E-state index >= 15 is 0 Å². The first kappa shape index (κ1) is 23.1. The molecule has 3 rings (SSSR count). The van der Waals surface area contributed by atoms with Crippen molar-refractivity contribution in [2.24, 2.45) is 5.10 Å². The Morgan fingerprint density at radius 2 is 1.87 bits per heavy atom. The van der Waals surface area contributed by atoms with Gasteiger partial charge in [0.1, 0.15) is 0 Å². The number of ether oxygens (including phenoxy) is 1. The largest absolute Gasteiger partial charge is 0.504 e. The summed E-state index contributed by atoms with van der Waals surface area (Å²) in [6.07, 6.45) is 0. The smallest absolute Gasteiger partial charge is 0.250 e. The Morgan fingerprint density at radius 3 is 2.58 bits per heavy atom. The SMILES string of the molecule is COc1cc(C(C)=NNC(=O)CSc2nnc(SCc3ccc(C)cc3)s2)ccc1O. The molecule has 1 aromatic heterocycles. The molecule has 0 spiro atoms. The second-order valence-corrected chi connectivity index (χ2v) is 9.94. The summed E-state index contributed by atoms with van der Waals surface area (Å²) >= 11 is 4.43. The number of nitrogens with one attached hydrogen (secondary N) is 1.